The SMILES string of the molecule is Cc1ccc(C(=O)N2CCCC(C(=O)NCC(C)CN)C2)cc1.Cl. The normalized spacial score (nSPS) is 18.5. The van der Waals surface area contributed by atoms with Crippen molar-refractivity contribution in [2.45, 2.75) is 26.7 Å². The smallest absolute Gasteiger partial charge is 0.253 e. The molecule has 1 aromatic rings. The predicted molar refractivity (Wildman–Crippen MR) is 98.3 cm³/mol. The number of benzene rings is 1. The van der Waals surface area contributed by atoms with Crippen molar-refractivity contribution in [2.75, 3.05) is 26.2 Å². The summed E-state index contributed by atoms with van der Waals surface area (Å²) in [6.07, 6.45) is 1.70. The van der Waals surface area contributed by atoms with Crippen LogP contribution in [0.15, 0.2) is 24.3 Å². The number of nitrogens with two attached hydrogens (primary N) is 1. The monoisotopic (exact) mass is 353 g/mol. The van der Waals surface area contributed by atoms with Crippen molar-refractivity contribution < 1.29 is 9.59 Å². The van der Waals surface area contributed by atoms with Crippen molar-refractivity contribution in [2.24, 2.45) is 17.6 Å². The molecule has 1 aliphatic heterocycles. The topological polar surface area (TPSA) is 75.4 Å². The van der Waals surface area contributed by atoms with Crippen LogP contribution >= 0.6 is 12.4 Å². The van der Waals surface area contributed by atoms with Crippen molar-refractivity contribution in [1.82, 2.24) is 10.2 Å². The number of amides is 2. The maximum absolute atomic E-state index is 12.6. The Morgan fingerprint density at radius 1 is 1.33 bits per heavy atom. The van der Waals surface area contributed by atoms with Crippen molar-refractivity contribution >= 4 is 24.2 Å². The first-order valence-corrected chi connectivity index (χ1v) is 8.35. The fourth-order valence-corrected chi connectivity index (χ4v) is 2.76. The number of hydrogen-bond acceptors (Lipinski definition) is 3. The van der Waals surface area contributed by atoms with Gasteiger partial charge in [-0.1, -0.05) is 24.6 Å². The number of aryl methyl sites for hydroxylation is 1. The van der Waals surface area contributed by atoms with Crippen LogP contribution in [0.25, 0.3) is 0 Å². The van der Waals surface area contributed by atoms with Crippen LogP contribution in [-0.4, -0.2) is 42.9 Å². The van der Waals surface area contributed by atoms with E-state index in [0.29, 0.717) is 25.2 Å². The summed E-state index contributed by atoms with van der Waals surface area (Å²) >= 11 is 0. The van der Waals surface area contributed by atoms with Gasteiger partial charge in [0, 0.05) is 25.2 Å². The van der Waals surface area contributed by atoms with Crippen LogP contribution in [-0.2, 0) is 4.79 Å². The molecule has 3 N–H and O–H groups in total. The molecule has 2 atom stereocenters. The molecule has 2 rings (SSSR count). The highest BCUT2D eigenvalue weighted by Gasteiger charge is 2.28. The van der Waals surface area contributed by atoms with Gasteiger partial charge in [0.05, 0.1) is 5.92 Å². The van der Waals surface area contributed by atoms with Crippen molar-refractivity contribution in [3.63, 3.8) is 0 Å². The highest BCUT2D eigenvalue weighted by atomic mass is 35.5. The number of hydrogen-bond donors (Lipinski definition) is 2. The molecule has 1 aliphatic rings. The van der Waals surface area contributed by atoms with Crippen LogP contribution in [0.2, 0.25) is 0 Å². The van der Waals surface area contributed by atoms with Crippen LogP contribution < -0.4 is 11.1 Å². The number of halogens is 1. The third kappa shape index (κ3) is 5.49. The summed E-state index contributed by atoms with van der Waals surface area (Å²) < 4.78 is 0. The van der Waals surface area contributed by atoms with E-state index < -0.39 is 0 Å². The molecule has 0 saturated carbocycles. The molecule has 1 aromatic carbocycles. The van der Waals surface area contributed by atoms with E-state index in [-0.39, 0.29) is 36.1 Å². The van der Waals surface area contributed by atoms with Gasteiger partial charge >= 0.3 is 0 Å². The van der Waals surface area contributed by atoms with Gasteiger partial charge in [0.1, 0.15) is 0 Å². The maximum Gasteiger partial charge on any atom is 0.253 e. The fourth-order valence-electron chi connectivity index (χ4n) is 2.76. The molecule has 24 heavy (non-hydrogen) atoms. The number of carbonyl (C=O) groups excluding carboxylic acids is 2. The van der Waals surface area contributed by atoms with Gasteiger partial charge in [-0.2, -0.15) is 0 Å². The van der Waals surface area contributed by atoms with Crippen molar-refractivity contribution in [3.8, 4) is 0 Å². The lowest BCUT2D eigenvalue weighted by Gasteiger charge is -2.32. The quantitative estimate of drug-likeness (QED) is 0.849. The van der Waals surface area contributed by atoms with E-state index in [9.17, 15) is 9.59 Å². The van der Waals surface area contributed by atoms with Crippen LogP contribution in [0.4, 0.5) is 0 Å². The standard InChI is InChI=1S/C18H27N3O2.ClH/c1-13-5-7-15(8-6-13)18(23)21-9-3-4-16(12-21)17(22)20-11-14(2)10-19;/h5-8,14,16H,3-4,9-12,19H2,1-2H3,(H,20,22);1H. The zero-order valence-electron chi connectivity index (χ0n) is 14.5. The summed E-state index contributed by atoms with van der Waals surface area (Å²) in [5.74, 6) is 0.195. The van der Waals surface area contributed by atoms with Crippen LogP contribution in [0.3, 0.4) is 0 Å². The lowest BCUT2D eigenvalue weighted by atomic mass is 9.96. The number of nitrogens with one attached hydrogen (secondary N) is 1. The third-order valence-corrected chi connectivity index (χ3v) is 4.41. The first-order valence-electron chi connectivity index (χ1n) is 8.35. The maximum atomic E-state index is 12.6. The average molecular weight is 354 g/mol. The van der Waals surface area contributed by atoms with Crippen molar-refractivity contribution in [1.29, 1.82) is 0 Å². The fraction of sp³-hybridized carbons (Fsp3) is 0.556. The van der Waals surface area contributed by atoms with Crippen LogP contribution in [0.1, 0.15) is 35.7 Å². The van der Waals surface area contributed by atoms with E-state index in [1.807, 2.05) is 38.1 Å². The van der Waals surface area contributed by atoms with Gasteiger partial charge in [-0.3, -0.25) is 9.59 Å². The minimum atomic E-state index is -0.122. The Labute approximate surface area is 150 Å². The lowest BCUT2D eigenvalue weighted by Crippen LogP contribution is -2.46. The summed E-state index contributed by atoms with van der Waals surface area (Å²) in [6, 6.07) is 7.58. The van der Waals surface area contributed by atoms with Gasteiger partial charge < -0.3 is 16.0 Å². The Hall–Kier alpha value is -1.59. The largest absolute Gasteiger partial charge is 0.355 e. The molecule has 0 aliphatic carbocycles. The molecular formula is C18H28ClN3O2. The number of rotatable bonds is 5. The summed E-state index contributed by atoms with van der Waals surface area (Å²) in [7, 11) is 0. The number of piperidine rings is 1. The van der Waals surface area contributed by atoms with Gasteiger partial charge in [0.2, 0.25) is 5.91 Å². The van der Waals surface area contributed by atoms with Crippen molar-refractivity contribution in [3.05, 3.63) is 35.4 Å². The second-order valence-corrected chi connectivity index (χ2v) is 6.54. The predicted octanol–water partition coefficient (Wildman–Crippen LogP) is 1.98. The van der Waals surface area contributed by atoms with Crippen LogP contribution in [0.5, 0.6) is 0 Å². The van der Waals surface area contributed by atoms with E-state index in [1.165, 1.54) is 0 Å². The van der Waals surface area contributed by atoms with Gasteiger partial charge in [-0.05, 0) is 44.4 Å². The number of carbonyl (C=O) groups is 2. The van der Waals surface area contributed by atoms with E-state index in [2.05, 4.69) is 5.32 Å². The van der Waals surface area contributed by atoms with E-state index in [4.69, 9.17) is 5.73 Å². The average Bonchev–Trinajstić information content (AvgIpc) is 2.59. The Balaban J connectivity index is 0.00000288. The third-order valence-electron chi connectivity index (χ3n) is 4.41. The molecule has 0 radical (unpaired) electrons. The Bertz CT molecular complexity index is 548. The Morgan fingerprint density at radius 2 is 2.00 bits per heavy atom. The summed E-state index contributed by atoms with van der Waals surface area (Å²) in [6.45, 7) is 6.37. The molecule has 5 nitrogen and oxygen atoms in total. The highest BCUT2D eigenvalue weighted by molar-refractivity contribution is 5.94. The van der Waals surface area contributed by atoms with E-state index in [0.717, 1.165) is 24.9 Å². The summed E-state index contributed by atoms with van der Waals surface area (Å²) in [5, 5.41) is 2.95. The molecular weight excluding hydrogens is 326 g/mol. The molecule has 1 heterocycles. The highest BCUT2D eigenvalue weighted by Crippen LogP contribution is 2.19. The second-order valence-electron chi connectivity index (χ2n) is 6.54. The molecule has 1 saturated heterocycles. The lowest BCUT2D eigenvalue weighted by molar-refractivity contribution is -0.126. The molecule has 1 fully saturated rings. The Morgan fingerprint density at radius 3 is 2.62 bits per heavy atom. The zero-order chi connectivity index (χ0) is 16.8. The first kappa shape index (κ1) is 20.5. The molecule has 0 aromatic heterocycles. The van der Waals surface area contributed by atoms with E-state index in [1.54, 1.807) is 4.90 Å². The molecule has 0 bridgehead atoms. The van der Waals surface area contributed by atoms with Gasteiger partial charge in [0.15, 0.2) is 0 Å². The minimum absolute atomic E-state index is 0. The minimum Gasteiger partial charge on any atom is -0.355 e. The van der Waals surface area contributed by atoms with Crippen LogP contribution in [0, 0.1) is 18.8 Å². The molecule has 2 amide bonds. The molecule has 6 heteroatoms. The van der Waals surface area contributed by atoms with Gasteiger partial charge in [0.25, 0.3) is 5.91 Å². The molecule has 2 unspecified atom stereocenters. The number of nitrogens with zero attached hydrogens (tertiary/aromatic N) is 1. The number of likely N-dealkylation sites (tertiary alicyclic amines) is 1. The zero-order valence-corrected chi connectivity index (χ0v) is 15.3. The molecule has 134 valence electrons. The van der Waals surface area contributed by atoms with Gasteiger partial charge in [-0.25, -0.2) is 0 Å². The first-order chi connectivity index (χ1) is 11.0. The van der Waals surface area contributed by atoms with Gasteiger partial charge in [-0.15, -0.1) is 12.4 Å². The summed E-state index contributed by atoms with van der Waals surface area (Å²) in [5.41, 5.74) is 7.39. The Kier molecular flexibility index (Phi) is 8.22. The molecule has 0 spiro atoms. The second kappa shape index (κ2) is 9.64. The summed E-state index contributed by atoms with van der Waals surface area (Å²) in [4.78, 5) is 26.6. The van der Waals surface area contributed by atoms with E-state index >= 15 is 0 Å².